The number of amides is 1. The molecular formula is C12H18N3OS2+. The van der Waals surface area contributed by atoms with Gasteiger partial charge in [0.2, 0.25) is 0 Å². The van der Waals surface area contributed by atoms with E-state index in [1.165, 1.54) is 11.3 Å². The van der Waals surface area contributed by atoms with E-state index in [4.69, 9.17) is 12.2 Å². The van der Waals surface area contributed by atoms with Crippen molar-refractivity contribution in [2.24, 2.45) is 0 Å². The minimum absolute atomic E-state index is 0.0970. The Kier molecular flexibility index (Phi) is 4.68. The Hall–Kier alpha value is -0.980. The number of carbonyl (C=O) groups is 1. The summed E-state index contributed by atoms with van der Waals surface area (Å²) in [4.78, 5) is 16.2. The van der Waals surface area contributed by atoms with Gasteiger partial charge in [-0.25, -0.2) is 0 Å². The van der Waals surface area contributed by atoms with E-state index < -0.39 is 0 Å². The Labute approximate surface area is 117 Å². The third-order valence-corrected chi connectivity index (χ3v) is 4.45. The number of quaternary nitrogens is 1. The Morgan fingerprint density at radius 2 is 2.28 bits per heavy atom. The second kappa shape index (κ2) is 6.26. The molecule has 0 atom stereocenters. The standard InChI is InChI=1S/C12H17N3OS2/c1-2-14-5-7-15(8-6-14)12(17)13-11(16)10-4-3-9-18-10/h3-4,9H,2,5-8H2,1H3,(H,13,16,17)/p+1. The molecule has 4 nitrogen and oxygen atoms in total. The predicted molar refractivity (Wildman–Crippen MR) is 77.2 cm³/mol. The van der Waals surface area contributed by atoms with Crippen LogP contribution in [-0.2, 0) is 0 Å². The molecule has 0 unspecified atom stereocenters. The first kappa shape index (κ1) is 13.5. The second-order valence-corrected chi connectivity index (χ2v) is 5.66. The van der Waals surface area contributed by atoms with Crippen molar-refractivity contribution in [2.45, 2.75) is 6.92 Å². The van der Waals surface area contributed by atoms with Crippen LogP contribution in [0.15, 0.2) is 17.5 Å². The molecule has 1 aliphatic heterocycles. The molecule has 0 bridgehead atoms. The molecule has 6 heteroatoms. The molecule has 0 aromatic carbocycles. The highest BCUT2D eigenvalue weighted by Crippen LogP contribution is 2.08. The van der Waals surface area contributed by atoms with E-state index in [1.807, 2.05) is 17.5 Å². The predicted octanol–water partition coefficient (Wildman–Crippen LogP) is -0.0168. The molecule has 18 heavy (non-hydrogen) atoms. The lowest BCUT2D eigenvalue weighted by molar-refractivity contribution is -0.902. The lowest BCUT2D eigenvalue weighted by atomic mass is 10.3. The molecule has 0 spiro atoms. The topological polar surface area (TPSA) is 36.8 Å². The minimum atomic E-state index is -0.0970. The number of likely N-dealkylation sites (N-methyl/N-ethyl adjacent to an activating group) is 1. The average molecular weight is 284 g/mol. The van der Waals surface area contributed by atoms with Crippen molar-refractivity contribution in [3.63, 3.8) is 0 Å². The van der Waals surface area contributed by atoms with E-state index >= 15 is 0 Å². The highest BCUT2D eigenvalue weighted by atomic mass is 32.1. The lowest BCUT2D eigenvalue weighted by Crippen LogP contribution is -3.14. The summed E-state index contributed by atoms with van der Waals surface area (Å²) in [5.41, 5.74) is 0. The maximum Gasteiger partial charge on any atom is 0.267 e. The summed E-state index contributed by atoms with van der Waals surface area (Å²) < 4.78 is 0. The van der Waals surface area contributed by atoms with Gasteiger partial charge in [-0.15, -0.1) is 11.3 Å². The van der Waals surface area contributed by atoms with Gasteiger partial charge in [-0.2, -0.15) is 0 Å². The third-order valence-electron chi connectivity index (χ3n) is 3.22. The summed E-state index contributed by atoms with van der Waals surface area (Å²) in [6, 6.07) is 3.67. The molecule has 1 aromatic rings. The van der Waals surface area contributed by atoms with E-state index in [1.54, 1.807) is 4.90 Å². The van der Waals surface area contributed by atoms with Gasteiger partial charge in [-0.1, -0.05) is 6.07 Å². The van der Waals surface area contributed by atoms with Crippen molar-refractivity contribution in [1.82, 2.24) is 10.2 Å². The summed E-state index contributed by atoms with van der Waals surface area (Å²) in [5.74, 6) is -0.0970. The molecule has 98 valence electrons. The lowest BCUT2D eigenvalue weighted by Gasteiger charge is -2.33. The quantitative estimate of drug-likeness (QED) is 0.750. The van der Waals surface area contributed by atoms with Crippen LogP contribution in [0.1, 0.15) is 16.6 Å². The summed E-state index contributed by atoms with van der Waals surface area (Å²) in [6.07, 6.45) is 0. The second-order valence-electron chi connectivity index (χ2n) is 4.33. The molecule has 0 radical (unpaired) electrons. The van der Waals surface area contributed by atoms with Crippen LogP contribution in [-0.4, -0.2) is 48.6 Å². The number of rotatable bonds is 2. The molecule has 1 saturated heterocycles. The van der Waals surface area contributed by atoms with E-state index in [0.29, 0.717) is 9.99 Å². The Morgan fingerprint density at radius 1 is 1.56 bits per heavy atom. The van der Waals surface area contributed by atoms with Crippen LogP contribution in [0.3, 0.4) is 0 Å². The number of nitrogens with zero attached hydrogens (tertiary/aromatic N) is 1. The zero-order valence-corrected chi connectivity index (χ0v) is 12.1. The summed E-state index contributed by atoms with van der Waals surface area (Å²) >= 11 is 6.72. The fourth-order valence-corrected chi connectivity index (χ4v) is 2.92. The molecule has 1 fully saturated rings. The van der Waals surface area contributed by atoms with Gasteiger partial charge in [0.1, 0.15) is 0 Å². The molecular weight excluding hydrogens is 266 g/mol. The molecule has 2 rings (SSSR count). The van der Waals surface area contributed by atoms with Crippen molar-refractivity contribution in [3.8, 4) is 0 Å². The van der Waals surface area contributed by atoms with E-state index in [2.05, 4.69) is 17.1 Å². The Morgan fingerprint density at radius 3 is 2.83 bits per heavy atom. The Balaban J connectivity index is 1.84. The highest BCUT2D eigenvalue weighted by Gasteiger charge is 2.21. The monoisotopic (exact) mass is 284 g/mol. The number of hydrogen-bond acceptors (Lipinski definition) is 3. The van der Waals surface area contributed by atoms with Crippen LogP contribution < -0.4 is 10.2 Å². The van der Waals surface area contributed by atoms with Crippen LogP contribution in [0.25, 0.3) is 0 Å². The number of piperazine rings is 1. The average Bonchev–Trinajstić information content (AvgIpc) is 2.92. The van der Waals surface area contributed by atoms with E-state index in [0.717, 1.165) is 32.7 Å². The fourth-order valence-electron chi connectivity index (χ4n) is 2.03. The maximum atomic E-state index is 11.9. The minimum Gasteiger partial charge on any atom is -0.338 e. The fraction of sp³-hybridized carbons (Fsp3) is 0.500. The molecule has 2 N–H and O–H groups in total. The number of thiocarbonyl (C=S) groups is 1. The first-order valence-electron chi connectivity index (χ1n) is 6.18. The molecule has 1 amide bonds. The molecule has 1 aromatic heterocycles. The van der Waals surface area contributed by atoms with Gasteiger partial charge in [-0.05, 0) is 30.6 Å². The smallest absolute Gasteiger partial charge is 0.267 e. The van der Waals surface area contributed by atoms with Crippen molar-refractivity contribution >= 4 is 34.6 Å². The third kappa shape index (κ3) is 3.28. The van der Waals surface area contributed by atoms with E-state index in [9.17, 15) is 4.79 Å². The largest absolute Gasteiger partial charge is 0.338 e. The highest BCUT2D eigenvalue weighted by molar-refractivity contribution is 7.80. The van der Waals surface area contributed by atoms with Crippen molar-refractivity contribution in [1.29, 1.82) is 0 Å². The van der Waals surface area contributed by atoms with Crippen molar-refractivity contribution in [2.75, 3.05) is 32.7 Å². The zero-order valence-electron chi connectivity index (χ0n) is 10.4. The van der Waals surface area contributed by atoms with Gasteiger partial charge < -0.3 is 9.80 Å². The molecule has 0 aliphatic carbocycles. The van der Waals surface area contributed by atoms with Crippen LogP contribution in [0.2, 0.25) is 0 Å². The number of thiophene rings is 1. The van der Waals surface area contributed by atoms with E-state index in [-0.39, 0.29) is 5.91 Å². The summed E-state index contributed by atoms with van der Waals surface area (Å²) in [7, 11) is 0. The van der Waals surface area contributed by atoms with Crippen LogP contribution >= 0.6 is 23.6 Å². The summed E-state index contributed by atoms with van der Waals surface area (Å²) in [5, 5.41) is 5.25. The molecule has 2 heterocycles. The van der Waals surface area contributed by atoms with Gasteiger partial charge >= 0.3 is 0 Å². The normalized spacial score (nSPS) is 16.6. The number of nitrogens with one attached hydrogen (secondary N) is 2. The summed E-state index contributed by atoms with van der Waals surface area (Å²) in [6.45, 7) is 7.38. The van der Waals surface area contributed by atoms with Gasteiger partial charge in [0, 0.05) is 0 Å². The van der Waals surface area contributed by atoms with Gasteiger partial charge in [0.15, 0.2) is 5.11 Å². The maximum absolute atomic E-state index is 11.9. The first-order valence-corrected chi connectivity index (χ1v) is 7.47. The van der Waals surface area contributed by atoms with Crippen molar-refractivity contribution < 1.29 is 9.69 Å². The van der Waals surface area contributed by atoms with Gasteiger partial charge in [0.25, 0.3) is 5.91 Å². The van der Waals surface area contributed by atoms with Crippen LogP contribution in [0.4, 0.5) is 0 Å². The Bertz CT molecular complexity index is 411. The SMILES string of the molecule is CC[NH+]1CCN(C(=S)NC(=O)c2cccs2)CC1. The number of carbonyl (C=O) groups excluding carboxylic acids is 1. The molecule has 1 aliphatic rings. The van der Waals surface area contributed by atoms with Crippen LogP contribution in [0, 0.1) is 0 Å². The van der Waals surface area contributed by atoms with Crippen molar-refractivity contribution in [3.05, 3.63) is 22.4 Å². The van der Waals surface area contributed by atoms with Gasteiger partial charge in [-0.3, -0.25) is 10.1 Å². The van der Waals surface area contributed by atoms with Gasteiger partial charge in [0.05, 0.1) is 37.6 Å². The zero-order chi connectivity index (χ0) is 13.0. The molecule has 0 saturated carbocycles. The van der Waals surface area contributed by atoms with Crippen LogP contribution in [0.5, 0.6) is 0 Å². The number of hydrogen-bond donors (Lipinski definition) is 2. The first-order chi connectivity index (χ1) is 8.70.